The third-order valence-electron chi connectivity index (χ3n) is 5.27. The fraction of sp³-hybridized carbons (Fsp3) is 0.556. The molecular formula is C18H24N2O. The van der Waals surface area contributed by atoms with E-state index >= 15 is 0 Å². The quantitative estimate of drug-likeness (QED) is 0.794. The van der Waals surface area contributed by atoms with Gasteiger partial charge in [-0.15, -0.1) is 0 Å². The van der Waals surface area contributed by atoms with Gasteiger partial charge in [-0.1, -0.05) is 31.0 Å². The smallest absolute Gasteiger partial charge is 0.0693 e. The van der Waals surface area contributed by atoms with Crippen LogP contribution >= 0.6 is 0 Å². The van der Waals surface area contributed by atoms with Crippen LogP contribution in [0.5, 0.6) is 0 Å². The van der Waals surface area contributed by atoms with E-state index in [2.05, 4.69) is 34.6 Å². The highest BCUT2D eigenvalue weighted by Crippen LogP contribution is 2.30. The Bertz CT molecular complexity index is 633. The number of aryl methyl sites for hydroxylation is 1. The van der Waals surface area contributed by atoms with Crippen LogP contribution in [-0.4, -0.2) is 28.3 Å². The summed E-state index contributed by atoms with van der Waals surface area (Å²) in [6, 6.07) is 9.42. The first-order chi connectivity index (χ1) is 10.3. The molecule has 4 rings (SSSR count). The average Bonchev–Trinajstić information content (AvgIpc) is 2.88. The molecule has 3 nitrogen and oxygen atoms in total. The fourth-order valence-corrected chi connectivity index (χ4v) is 4.12. The molecule has 0 bridgehead atoms. The Labute approximate surface area is 125 Å². The number of aromatic nitrogens is 1. The Balaban J connectivity index is 1.53. The Hall–Kier alpha value is -1.32. The van der Waals surface area contributed by atoms with Gasteiger partial charge in [0.2, 0.25) is 0 Å². The molecule has 0 aliphatic heterocycles. The van der Waals surface area contributed by atoms with Gasteiger partial charge in [-0.25, -0.2) is 0 Å². The molecule has 3 heteroatoms. The summed E-state index contributed by atoms with van der Waals surface area (Å²) in [5.41, 5.74) is 4.17. The summed E-state index contributed by atoms with van der Waals surface area (Å²) in [7, 11) is 0. The Morgan fingerprint density at radius 1 is 1.10 bits per heavy atom. The van der Waals surface area contributed by atoms with Crippen molar-refractivity contribution < 1.29 is 5.11 Å². The van der Waals surface area contributed by atoms with Crippen molar-refractivity contribution in [3.63, 3.8) is 0 Å². The van der Waals surface area contributed by atoms with Gasteiger partial charge in [0.15, 0.2) is 0 Å². The van der Waals surface area contributed by atoms with Crippen molar-refractivity contribution in [1.82, 2.24) is 10.3 Å². The number of para-hydroxylation sites is 1. The van der Waals surface area contributed by atoms with Gasteiger partial charge in [0.1, 0.15) is 0 Å². The summed E-state index contributed by atoms with van der Waals surface area (Å²) in [5.74, 6) is 0. The van der Waals surface area contributed by atoms with E-state index in [0.717, 1.165) is 25.7 Å². The number of hydrogen-bond acceptors (Lipinski definition) is 2. The zero-order chi connectivity index (χ0) is 14.2. The molecule has 3 unspecified atom stereocenters. The van der Waals surface area contributed by atoms with Gasteiger partial charge in [0.25, 0.3) is 0 Å². The van der Waals surface area contributed by atoms with E-state index in [9.17, 15) is 5.11 Å². The normalized spacial score (nSPS) is 29.5. The molecule has 2 aliphatic rings. The molecule has 1 fully saturated rings. The number of aliphatic hydroxyl groups excluding tert-OH is 1. The monoisotopic (exact) mass is 284 g/mol. The standard InChI is InChI=1S/C18H24N2O/c21-18-8-4-3-7-17(18)19-12-9-10-16-14(11-12)13-5-1-2-6-15(13)20-16/h1-2,5-6,12,17-21H,3-4,7-11H2. The van der Waals surface area contributed by atoms with E-state index in [1.807, 2.05) is 0 Å². The summed E-state index contributed by atoms with van der Waals surface area (Å²) in [5, 5.41) is 15.3. The van der Waals surface area contributed by atoms with E-state index in [1.54, 1.807) is 0 Å². The summed E-state index contributed by atoms with van der Waals surface area (Å²) in [6.07, 6.45) is 7.73. The molecule has 1 heterocycles. The number of fused-ring (bicyclic) bond motifs is 3. The van der Waals surface area contributed by atoms with Gasteiger partial charge < -0.3 is 15.4 Å². The van der Waals surface area contributed by atoms with Crippen LogP contribution in [-0.2, 0) is 12.8 Å². The molecule has 0 spiro atoms. The first-order valence-corrected chi connectivity index (χ1v) is 8.34. The van der Waals surface area contributed by atoms with Crippen LogP contribution in [0, 0.1) is 0 Å². The molecule has 0 saturated heterocycles. The second kappa shape index (κ2) is 5.47. The molecular weight excluding hydrogens is 260 g/mol. The minimum Gasteiger partial charge on any atom is -0.392 e. The third-order valence-corrected chi connectivity index (χ3v) is 5.27. The highest BCUT2D eigenvalue weighted by atomic mass is 16.3. The van der Waals surface area contributed by atoms with E-state index in [0.29, 0.717) is 12.1 Å². The van der Waals surface area contributed by atoms with Crippen molar-refractivity contribution >= 4 is 10.9 Å². The third kappa shape index (κ3) is 2.49. The predicted octanol–water partition coefficient (Wildman–Crippen LogP) is 2.92. The number of hydrogen-bond donors (Lipinski definition) is 3. The minimum absolute atomic E-state index is 0.150. The van der Waals surface area contributed by atoms with Crippen molar-refractivity contribution in [3.05, 3.63) is 35.5 Å². The minimum atomic E-state index is -0.150. The number of H-pyrrole nitrogens is 1. The van der Waals surface area contributed by atoms with E-state index in [1.165, 1.54) is 41.4 Å². The average molecular weight is 284 g/mol. The van der Waals surface area contributed by atoms with Gasteiger partial charge in [-0.2, -0.15) is 0 Å². The van der Waals surface area contributed by atoms with Crippen LogP contribution in [0.4, 0.5) is 0 Å². The largest absolute Gasteiger partial charge is 0.392 e. The molecule has 1 aromatic carbocycles. The van der Waals surface area contributed by atoms with Crippen molar-refractivity contribution in [2.45, 2.75) is 63.1 Å². The maximum atomic E-state index is 10.2. The second-order valence-electron chi connectivity index (χ2n) is 6.69. The molecule has 112 valence electrons. The second-order valence-corrected chi connectivity index (χ2v) is 6.69. The van der Waals surface area contributed by atoms with Crippen LogP contribution in [0.2, 0.25) is 0 Å². The maximum absolute atomic E-state index is 10.2. The Morgan fingerprint density at radius 2 is 1.95 bits per heavy atom. The number of aliphatic hydroxyl groups is 1. The van der Waals surface area contributed by atoms with Crippen LogP contribution in [0.3, 0.4) is 0 Å². The summed E-state index contributed by atoms with van der Waals surface area (Å²) >= 11 is 0. The Morgan fingerprint density at radius 3 is 2.86 bits per heavy atom. The molecule has 0 amide bonds. The van der Waals surface area contributed by atoms with E-state index < -0.39 is 0 Å². The lowest BCUT2D eigenvalue weighted by Gasteiger charge is -2.34. The van der Waals surface area contributed by atoms with Crippen LogP contribution < -0.4 is 5.32 Å². The van der Waals surface area contributed by atoms with Crippen molar-refractivity contribution in [3.8, 4) is 0 Å². The zero-order valence-electron chi connectivity index (χ0n) is 12.4. The molecule has 2 aromatic rings. The summed E-state index contributed by atoms with van der Waals surface area (Å²) in [6.45, 7) is 0. The number of aromatic amines is 1. The number of rotatable bonds is 2. The molecule has 21 heavy (non-hydrogen) atoms. The number of benzene rings is 1. The Kier molecular flexibility index (Phi) is 3.48. The molecule has 1 saturated carbocycles. The predicted molar refractivity (Wildman–Crippen MR) is 85.5 cm³/mol. The fourth-order valence-electron chi connectivity index (χ4n) is 4.12. The first kappa shape index (κ1) is 13.4. The van der Waals surface area contributed by atoms with Crippen molar-refractivity contribution in [2.24, 2.45) is 0 Å². The highest BCUT2D eigenvalue weighted by Gasteiger charge is 2.28. The lowest BCUT2D eigenvalue weighted by molar-refractivity contribution is 0.0837. The maximum Gasteiger partial charge on any atom is 0.0693 e. The topological polar surface area (TPSA) is 48.0 Å². The van der Waals surface area contributed by atoms with Crippen molar-refractivity contribution in [2.75, 3.05) is 0 Å². The van der Waals surface area contributed by atoms with Gasteiger partial charge >= 0.3 is 0 Å². The highest BCUT2D eigenvalue weighted by molar-refractivity contribution is 5.84. The van der Waals surface area contributed by atoms with E-state index in [4.69, 9.17) is 0 Å². The molecule has 3 atom stereocenters. The summed E-state index contributed by atoms with van der Waals surface area (Å²) < 4.78 is 0. The molecule has 0 radical (unpaired) electrons. The van der Waals surface area contributed by atoms with Crippen molar-refractivity contribution in [1.29, 1.82) is 0 Å². The van der Waals surface area contributed by atoms with Crippen LogP contribution in [0.15, 0.2) is 24.3 Å². The lowest BCUT2D eigenvalue weighted by atomic mass is 9.88. The van der Waals surface area contributed by atoms with Gasteiger partial charge in [0.05, 0.1) is 6.10 Å². The van der Waals surface area contributed by atoms with Gasteiger partial charge in [-0.3, -0.25) is 0 Å². The first-order valence-electron chi connectivity index (χ1n) is 8.34. The zero-order valence-corrected chi connectivity index (χ0v) is 12.4. The molecule has 3 N–H and O–H groups in total. The number of nitrogens with one attached hydrogen (secondary N) is 2. The van der Waals surface area contributed by atoms with Crippen LogP contribution in [0.1, 0.15) is 43.4 Å². The molecule has 2 aliphatic carbocycles. The SMILES string of the molecule is OC1CCCCC1NC1CCc2[nH]c3ccccc3c2C1. The summed E-state index contributed by atoms with van der Waals surface area (Å²) in [4.78, 5) is 3.57. The van der Waals surface area contributed by atoms with Gasteiger partial charge in [-0.05, 0) is 43.7 Å². The van der Waals surface area contributed by atoms with E-state index in [-0.39, 0.29) is 6.10 Å². The molecule has 1 aromatic heterocycles. The lowest BCUT2D eigenvalue weighted by Crippen LogP contribution is -2.48. The van der Waals surface area contributed by atoms with Gasteiger partial charge in [0, 0.05) is 28.7 Å². The van der Waals surface area contributed by atoms with Crippen LogP contribution in [0.25, 0.3) is 10.9 Å².